The van der Waals surface area contributed by atoms with Crippen LogP contribution < -0.4 is 0 Å². The van der Waals surface area contributed by atoms with Crippen molar-refractivity contribution in [2.45, 2.75) is 12.8 Å². The van der Waals surface area contributed by atoms with Crippen LogP contribution >= 0.6 is 0 Å². The van der Waals surface area contributed by atoms with Gasteiger partial charge in [0.05, 0.1) is 6.61 Å². The number of hydrogen-bond donors (Lipinski definition) is 1. The van der Waals surface area contributed by atoms with Crippen LogP contribution in [0.3, 0.4) is 0 Å². The van der Waals surface area contributed by atoms with Crippen molar-refractivity contribution in [3.63, 3.8) is 0 Å². The van der Waals surface area contributed by atoms with Crippen LogP contribution in [0.4, 0.5) is 0 Å². The topological polar surface area (TPSA) is 37.3 Å². The van der Waals surface area contributed by atoms with Crippen LogP contribution in [0.25, 0.3) is 0 Å². The molecule has 0 aliphatic rings. The van der Waals surface area contributed by atoms with Gasteiger partial charge in [-0.25, -0.2) is 0 Å². The van der Waals surface area contributed by atoms with Crippen molar-refractivity contribution in [2.75, 3.05) is 6.61 Å². The number of carbonyl (C=O) groups excluding carboxylic acids is 1. The number of aliphatic hydroxyl groups excluding tert-OH is 1. The molecule has 0 heterocycles. The lowest BCUT2D eigenvalue weighted by Gasteiger charge is -1.97. The molecule has 0 bridgehead atoms. The first-order chi connectivity index (χ1) is 6.83. The van der Waals surface area contributed by atoms with Crippen molar-refractivity contribution < 1.29 is 9.90 Å². The second-order valence-corrected chi connectivity index (χ2v) is 3.04. The number of benzene rings is 1. The molecule has 0 saturated carbocycles. The molecule has 1 N–H and O–H groups in total. The molecule has 74 valence electrons. The summed E-state index contributed by atoms with van der Waals surface area (Å²) in [5, 5.41) is 8.46. The maximum Gasteiger partial charge on any atom is 0.155 e. The molecule has 0 aliphatic carbocycles. The molecule has 0 aromatic heterocycles. The summed E-state index contributed by atoms with van der Waals surface area (Å²) in [5.74, 6) is 0.0582. The molecule has 1 aromatic rings. The van der Waals surface area contributed by atoms with E-state index in [0.29, 0.717) is 6.42 Å². The summed E-state index contributed by atoms with van der Waals surface area (Å²) in [7, 11) is 0. The number of rotatable bonds is 5. The number of allylic oxidation sites excluding steroid dienone is 1. The predicted octanol–water partition coefficient (Wildman–Crippen LogP) is 1.74. The maximum absolute atomic E-state index is 11.2. The van der Waals surface area contributed by atoms with Crippen LogP contribution in [0.1, 0.15) is 12.0 Å². The third-order valence-electron chi connectivity index (χ3n) is 1.91. The molecule has 0 radical (unpaired) electrons. The highest BCUT2D eigenvalue weighted by atomic mass is 16.2. The summed E-state index contributed by atoms with van der Waals surface area (Å²) in [6, 6.07) is 9.88. The Morgan fingerprint density at radius 2 is 2.00 bits per heavy atom. The van der Waals surface area contributed by atoms with Crippen molar-refractivity contribution >= 4 is 5.78 Å². The molecule has 1 rings (SSSR count). The average molecular weight is 190 g/mol. The summed E-state index contributed by atoms with van der Waals surface area (Å²) in [6.45, 7) is -0.0723. The fourth-order valence-electron chi connectivity index (χ4n) is 1.18. The summed E-state index contributed by atoms with van der Waals surface area (Å²) in [4.78, 5) is 11.2. The molecular weight excluding hydrogens is 176 g/mol. The van der Waals surface area contributed by atoms with E-state index in [9.17, 15) is 4.79 Å². The van der Waals surface area contributed by atoms with Gasteiger partial charge in [0.25, 0.3) is 0 Å². The Morgan fingerprint density at radius 1 is 1.29 bits per heavy atom. The minimum atomic E-state index is -0.0723. The number of carbonyl (C=O) groups is 1. The van der Waals surface area contributed by atoms with Gasteiger partial charge in [0.2, 0.25) is 0 Å². The van der Waals surface area contributed by atoms with Gasteiger partial charge in [-0.3, -0.25) is 4.79 Å². The molecule has 0 fully saturated rings. The Balaban J connectivity index is 2.34. The largest absolute Gasteiger partial charge is 0.392 e. The number of ketones is 1. The molecule has 0 aliphatic heterocycles. The van der Waals surface area contributed by atoms with Gasteiger partial charge in [-0.15, -0.1) is 0 Å². The third kappa shape index (κ3) is 4.01. The molecule has 0 saturated heterocycles. The first-order valence-corrected chi connectivity index (χ1v) is 4.67. The average Bonchev–Trinajstić information content (AvgIpc) is 2.25. The fraction of sp³-hybridized carbons (Fsp3) is 0.250. The van der Waals surface area contributed by atoms with E-state index in [1.165, 1.54) is 17.7 Å². The smallest absolute Gasteiger partial charge is 0.155 e. The number of hydrogen-bond acceptors (Lipinski definition) is 2. The van der Waals surface area contributed by atoms with Crippen LogP contribution in [-0.4, -0.2) is 17.5 Å². The molecule has 0 spiro atoms. The number of aliphatic hydroxyl groups is 1. The lowest BCUT2D eigenvalue weighted by molar-refractivity contribution is -0.114. The SMILES string of the molecule is O=C(/C=C/CO)CCc1ccccc1. The number of aryl methyl sites for hydroxylation is 1. The van der Waals surface area contributed by atoms with Gasteiger partial charge in [0, 0.05) is 6.42 Å². The summed E-state index contributed by atoms with van der Waals surface area (Å²) in [5.41, 5.74) is 1.17. The second-order valence-electron chi connectivity index (χ2n) is 3.04. The molecule has 2 nitrogen and oxygen atoms in total. The maximum atomic E-state index is 11.2. The zero-order valence-corrected chi connectivity index (χ0v) is 8.02. The molecule has 0 atom stereocenters. The van der Waals surface area contributed by atoms with Gasteiger partial charge in [-0.1, -0.05) is 36.4 Å². The lowest BCUT2D eigenvalue weighted by atomic mass is 10.1. The van der Waals surface area contributed by atoms with E-state index in [4.69, 9.17) is 5.11 Å². The second kappa shape index (κ2) is 6.11. The summed E-state index contributed by atoms with van der Waals surface area (Å²) < 4.78 is 0. The van der Waals surface area contributed by atoms with Gasteiger partial charge >= 0.3 is 0 Å². The Morgan fingerprint density at radius 3 is 2.64 bits per heavy atom. The monoisotopic (exact) mass is 190 g/mol. The van der Waals surface area contributed by atoms with E-state index in [-0.39, 0.29) is 12.4 Å². The molecule has 1 aromatic carbocycles. The van der Waals surface area contributed by atoms with Crippen molar-refractivity contribution in [1.29, 1.82) is 0 Å². The molecular formula is C12H14O2. The van der Waals surface area contributed by atoms with Crippen molar-refractivity contribution in [3.8, 4) is 0 Å². The van der Waals surface area contributed by atoms with E-state index in [2.05, 4.69) is 0 Å². The van der Waals surface area contributed by atoms with E-state index >= 15 is 0 Å². The zero-order chi connectivity index (χ0) is 10.2. The molecule has 0 unspecified atom stereocenters. The normalized spacial score (nSPS) is 10.6. The third-order valence-corrected chi connectivity index (χ3v) is 1.91. The first-order valence-electron chi connectivity index (χ1n) is 4.67. The van der Waals surface area contributed by atoms with Gasteiger partial charge in [-0.05, 0) is 18.1 Å². The molecule has 2 heteroatoms. The standard InChI is InChI=1S/C12H14O2/c13-10-4-7-12(14)9-8-11-5-2-1-3-6-11/h1-7,13H,8-10H2/b7-4+. The summed E-state index contributed by atoms with van der Waals surface area (Å²) in [6.07, 6.45) is 4.16. The van der Waals surface area contributed by atoms with Gasteiger partial charge in [0.15, 0.2) is 5.78 Å². The van der Waals surface area contributed by atoms with E-state index < -0.39 is 0 Å². The minimum absolute atomic E-state index is 0.0582. The first kappa shape index (κ1) is 10.7. The Hall–Kier alpha value is -1.41. The van der Waals surface area contributed by atoms with Gasteiger partial charge in [0.1, 0.15) is 0 Å². The Kier molecular flexibility index (Phi) is 4.65. The van der Waals surface area contributed by atoms with Crippen LogP contribution in [0.2, 0.25) is 0 Å². The highest BCUT2D eigenvalue weighted by Crippen LogP contribution is 2.02. The fourth-order valence-corrected chi connectivity index (χ4v) is 1.18. The Bertz CT molecular complexity index is 301. The highest BCUT2D eigenvalue weighted by molar-refractivity contribution is 5.89. The van der Waals surface area contributed by atoms with Crippen molar-refractivity contribution in [3.05, 3.63) is 48.0 Å². The van der Waals surface area contributed by atoms with Crippen molar-refractivity contribution in [2.24, 2.45) is 0 Å². The van der Waals surface area contributed by atoms with Crippen LogP contribution in [0, 0.1) is 0 Å². The zero-order valence-electron chi connectivity index (χ0n) is 8.02. The van der Waals surface area contributed by atoms with E-state index in [1.54, 1.807) is 0 Å². The quantitative estimate of drug-likeness (QED) is 0.718. The predicted molar refractivity (Wildman–Crippen MR) is 56.0 cm³/mol. The van der Waals surface area contributed by atoms with Crippen LogP contribution in [-0.2, 0) is 11.2 Å². The lowest BCUT2D eigenvalue weighted by Crippen LogP contribution is -1.96. The van der Waals surface area contributed by atoms with Crippen LogP contribution in [0.15, 0.2) is 42.5 Å². The molecule has 14 heavy (non-hydrogen) atoms. The van der Waals surface area contributed by atoms with Crippen LogP contribution in [0.5, 0.6) is 0 Å². The Labute approximate surface area is 83.9 Å². The van der Waals surface area contributed by atoms with Crippen molar-refractivity contribution in [1.82, 2.24) is 0 Å². The van der Waals surface area contributed by atoms with Gasteiger partial charge in [-0.2, -0.15) is 0 Å². The van der Waals surface area contributed by atoms with E-state index in [1.807, 2.05) is 30.3 Å². The summed E-state index contributed by atoms with van der Waals surface area (Å²) >= 11 is 0. The van der Waals surface area contributed by atoms with E-state index in [0.717, 1.165) is 6.42 Å². The van der Waals surface area contributed by atoms with Gasteiger partial charge < -0.3 is 5.11 Å². The minimum Gasteiger partial charge on any atom is -0.392 e. The highest BCUT2D eigenvalue weighted by Gasteiger charge is 1.97. The molecule has 0 amide bonds.